The van der Waals surface area contributed by atoms with Gasteiger partial charge in [-0.15, -0.1) is 0 Å². The van der Waals surface area contributed by atoms with Crippen molar-refractivity contribution in [2.45, 2.75) is 13.3 Å². The molecular weight excluding hydrogens is 215 g/mol. The van der Waals surface area contributed by atoms with Gasteiger partial charge in [-0.25, -0.2) is 4.39 Å². The second-order valence-corrected chi connectivity index (χ2v) is 3.89. The first-order valence-electron chi connectivity index (χ1n) is 5.60. The van der Waals surface area contributed by atoms with Gasteiger partial charge in [0.15, 0.2) is 5.78 Å². The first-order chi connectivity index (χ1) is 8.20. The third kappa shape index (κ3) is 2.59. The first kappa shape index (κ1) is 11.5. The number of ketones is 1. The van der Waals surface area contributed by atoms with E-state index in [2.05, 4.69) is 6.92 Å². The fraction of sp³-hybridized carbons (Fsp3) is 0.133. The largest absolute Gasteiger partial charge is 0.289 e. The number of aryl methyl sites for hydroxylation is 1. The smallest absolute Gasteiger partial charge is 0.193 e. The van der Waals surface area contributed by atoms with E-state index in [1.807, 2.05) is 24.3 Å². The molecule has 17 heavy (non-hydrogen) atoms. The molecule has 0 aliphatic rings. The molecule has 0 bridgehead atoms. The molecule has 2 rings (SSSR count). The van der Waals surface area contributed by atoms with Crippen LogP contribution in [-0.2, 0) is 6.42 Å². The van der Waals surface area contributed by atoms with Crippen LogP contribution >= 0.6 is 0 Å². The van der Waals surface area contributed by atoms with Gasteiger partial charge in [-0.2, -0.15) is 0 Å². The van der Waals surface area contributed by atoms with E-state index in [0.717, 1.165) is 6.42 Å². The zero-order chi connectivity index (χ0) is 12.3. The predicted octanol–water partition coefficient (Wildman–Crippen LogP) is 3.62. The number of hydrogen-bond acceptors (Lipinski definition) is 1. The van der Waals surface area contributed by atoms with Gasteiger partial charge in [0.05, 0.1) is 0 Å². The highest BCUT2D eigenvalue weighted by atomic mass is 19.1. The topological polar surface area (TPSA) is 17.1 Å². The lowest BCUT2D eigenvalue weighted by Gasteiger charge is -2.02. The van der Waals surface area contributed by atoms with Crippen LogP contribution in [0, 0.1) is 5.82 Å². The van der Waals surface area contributed by atoms with Gasteiger partial charge in [-0.1, -0.05) is 31.2 Å². The van der Waals surface area contributed by atoms with Crippen molar-refractivity contribution in [2.24, 2.45) is 0 Å². The molecule has 0 amide bonds. The van der Waals surface area contributed by atoms with Crippen LogP contribution in [0.3, 0.4) is 0 Å². The van der Waals surface area contributed by atoms with Gasteiger partial charge in [0.1, 0.15) is 5.82 Å². The number of rotatable bonds is 3. The molecule has 1 nitrogen and oxygen atoms in total. The fourth-order valence-electron chi connectivity index (χ4n) is 1.66. The van der Waals surface area contributed by atoms with Crippen LogP contribution in [0.1, 0.15) is 28.4 Å². The van der Waals surface area contributed by atoms with Crippen molar-refractivity contribution in [3.05, 3.63) is 71.0 Å². The van der Waals surface area contributed by atoms with Gasteiger partial charge in [0.25, 0.3) is 0 Å². The van der Waals surface area contributed by atoms with Gasteiger partial charge in [-0.3, -0.25) is 4.79 Å². The van der Waals surface area contributed by atoms with Crippen molar-refractivity contribution in [1.82, 2.24) is 0 Å². The number of carbonyl (C=O) groups is 1. The highest BCUT2D eigenvalue weighted by Gasteiger charge is 2.08. The Labute approximate surface area is 99.9 Å². The number of carbonyl (C=O) groups excluding carboxylic acids is 1. The van der Waals surface area contributed by atoms with E-state index in [4.69, 9.17) is 0 Å². The van der Waals surface area contributed by atoms with Crippen LogP contribution in [0.5, 0.6) is 0 Å². The Morgan fingerprint density at radius 3 is 1.88 bits per heavy atom. The molecule has 0 saturated carbocycles. The Kier molecular flexibility index (Phi) is 3.33. The molecule has 2 aromatic rings. The Morgan fingerprint density at radius 2 is 1.41 bits per heavy atom. The molecule has 0 spiro atoms. The maximum atomic E-state index is 12.7. The molecule has 0 aliphatic carbocycles. The van der Waals surface area contributed by atoms with Crippen molar-refractivity contribution < 1.29 is 9.18 Å². The second-order valence-electron chi connectivity index (χ2n) is 3.89. The maximum absolute atomic E-state index is 12.7. The zero-order valence-corrected chi connectivity index (χ0v) is 9.61. The summed E-state index contributed by atoms with van der Waals surface area (Å²) in [6.07, 6.45) is 0.949. The Morgan fingerprint density at radius 1 is 0.941 bits per heavy atom. The molecule has 86 valence electrons. The summed E-state index contributed by atoms with van der Waals surface area (Å²) in [6.45, 7) is 2.07. The van der Waals surface area contributed by atoms with E-state index in [1.54, 1.807) is 0 Å². The molecule has 0 radical (unpaired) electrons. The van der Waals surface area contributed by atoms with Crippen LogP contribution < -0.4 is 0 Å². The van der Waals surface area contributed by atoms with Gasteiger partial charge in [0, 0.05) is 11.1 Å². The number of benzene rings is 2. The Balaban J connectivity index is 2.27. The van der Waals surface area contributed by atoms with Crippen LogP contribution in [0.2, 0.25) is 0 Å². The normalized spacial score (nSPS) is 10.2. The lowest BCUT2D eigenvalue weighted by atomic mass is 10.0. The van der Waals surface area contributed by atoms with E-state index >= 15 is 0 Å². The molecule has 0 heterocycles. The molecule has 2 aromatic carbocycles. The third-order valence-electron chi connectivity index (χ3n) is 2.73. The zero-order valence-electron chi connectivity index (χ0n) is 9.61. The minimum Gasteiger partial charge on any atom is -0.289 e. The van der Waals surface area contributed by atoms with Gasteiger partial charge >= 0.3 is 0 Å². The molecule has 0 aliphatic heterocycles. The van der Waals surface area contributed by atoms with Gasteiger partial charge < -0.3 is 0 Å². The minimum absolute atomic E-state index is 0.0762. The van der Waals surface area contributed by atoms with Crippen LogP contribution in [0.4, 0.5) is 4.39 Å². The third-order valence-corrected chi connectivity index (χ3v) is 2.73. The molecule has 0 unspecified atom stereocenters. The monoisotopic (exact) mass is 228 g/mol. The van der Waals surface area contributed by atoms with E-state index in [1.165, 1.54) is 29.8 Å². The Bertz CT molecular complexity index is 512. The van der Waals surface area contributed by atoms with Crippen molar-refractivity contribution in [3.63, 3.8) is 0 Å². The van der Waals surface area contributed by atoms with Gasteiger partial charge in [-0.05, 0) is 36.2 Å². The summed E-state index contributed by atoms with van der Waals surface area (Å²) >= 11 is 0. The summed E-state index contributed by atoms with van der Waals surface area (Å²) in [4.78, 5) is 12.0. The summed E-state index contributed by atoms with van der Waals surface area (Å²) in [6, 6.07) is 13.1. The maximum Gasteiger partial charge on any atom is 0.193 e. The molecule has 2 heteroatoms. The number of hydrogen-bond donors (Lipinski definition) is 0. The highest BCUT2D eigenvalue weighted by molar-refractivity contribution is 6.08. The molecular formula is C15H13FO. The van der Waals surface area contributed by atoms with Crippen LogP contribution in [0.15, 0.2) is 48.5 Å². The average Bonchev–Trinajstić information content (AvgIpc) is 2.39. The SMILES string of the molecule is CCc1ccc(C(=O)c2ccc(F)cc2)cc1. The highest BCUT2D eigenvalue weighted by Crippen LogP contribution is 2.12. The molecule has 0 saturated heterocycles. The van der Waals surface area contributed by atoms with Crippen LogP contribution in [-0.4, -0.2) is 5.78 Å². The van der Waals surface area contributed by atoms with E-state index in [-0.39, 0.29) is 11.6 Å². The molecule has 0 N–H and O–H groups in total. The summed E-state index contributed by atoms with van der Waals surface area (Å²) in [5.74, 6) is -0.407. The summed E-state index contributed by atoms with van der Waals surface area (Å²) in [5, 5.41) is 0. The number of halogens is 1. The van der Waals surface area contributed by atoms with Crippen LogP contribution in [0.25, 0.3) is 0 Å². The summed E-state index contributed by atoms with van der Waals surface area (Å²) < 4.78 is 12.7. The quantitative estimate of drug-likeness (QED) is 0.733. The molecule has 0 fully saturated rings. The van der Waals surface area contributed by atoms with E-state index in [9.17, 15) is 9.18 Å². The first-order valence-corrected chi connectivity index (χ1v) is 5.60. The Hall–Kier alpha value is -1.96. The van der Waals surface area contributed by atoms with E-state index in [0.29, 0.717) is 11.1 Å². The summed E-state index contributed by atoms with van der Waals surface area (Å²) in [7, 11) is 0. The predicted molar refractivity (Wildman–Crippen MR) is 65.7 cm³/mol. The lowest BCUT2D eigenvalue weighted by molar-refractivity contribution is 0.103. The second kappa shape index (κ2) is 4.91. The van der Waals surface area contributed by atoms with Crippen molar-refractivity contribution >= 4 is 5.78 Å². The average molecular weight is 228 g/mol. The fourth-order valence-corrected chi connectivity index (χ4v) is 1.66. The van der Waals surface area contributed by atoms with Gasteiger partial charge in [0.2, 0.25) is 0 Å². The van der Waals surface area contributed by atoms with Crippen molar-refractivity contribution in [2.75, 3.05) is 0 Å². The van der Waals surface area contributed by atoms with Crippen molar-refractivity contribution in [1.29, 1.82) is 0 Å². The molecule has 0 atom stereocenters. The van der Waals surface area contributed by atoms with E-state index < -0.39 is 0 Å². The standard InChI is InChI=1S/C15H13FO/c1-2-11-3-5-12(6-4-11)15(17)13-7-9-14(16)10-8-13/h3-10H,2H2,1H3. The van der Waals surface area contributed by atoms with Crippen molar-refractivity contribution in [3.8, 4) is 0 Å². The molecule has 0 aromatic heterocycles. The lowest BCUT2D eigenvalue weighted by Crippen LogP contribution is -2.01. The minimum atomic E-state index is -0.331. The summed E-state index contributed by atoms with van der Waals surface area (Å²) in [5.41, 5.74) is 2.34.